The lowest BCUT2D eigenvalue weighted by molar-refractivity contribution is 0.288. The quantitative estimate of drug-likeness (QED) is 0.721. The summed E-state index contributed by atoms with van der Waals surface area (Å²) in [5, 5.41) is 19.9. The van der Waals surface area contributed by atoms with Crippen molar-refractivity contribution in [3.8, 4) is 28.6 Å². The summed E-state index contributed by atoms with van der Waals surface area (Å²) in [5.74, 6) is 1.77. The Morgan fingerprint density at radius 3 is 2.46 bits per heavy atom. The molecule has 0 aliphatic rings. The zero-order valence-corrected chi connectivity index (χ0v) is 13.7. The number of rotatable bonds is 6. The van der Waals surface area contributed by atoms with E-state index >= 15 is 0 Å². The van der Waals surface area contributed by atoms with Crippen LogP contribution in [0.15, 0.2) is 40.8 Å². The maximum absolute atomic E-state index is 9.95. The number of aliphatic hydroxyl groups excluding tert-OH is 1. The van der Waals surface area contributed by atoms with Gasteiger partial charge in [0, 0.05) is 17.6 Å². The number of aliphatic hydroxyl groups is 1. The monoisotopic (exact) mass is 328 g/mol. The fraction of sp³-hybridized carbons (Fsp3) is 0.263. The Labute approximate surface area is 140 Å². The highest BCUT2D eigenvalue weighted by Gasteiger charge is 2.14. The van der Waals surface area contributed by atoms with Crippen molar-refractivity contribution in [3.63, 3.8) is 0 Å². The molecule has 5 heteroatoms. The van der Waals surface area contributed by atoms with Crippen molar-refractivity contribution >= 4 is 11.0 Å². The summed E-state index contributed by atoms with van der Waals surface area (Å²) in [7, 11) is 3.11. The molecule has 126 valence electrons. The maximum Gasteiger partial charge on any atom is 0.176 e. The van der Waals surface area contributed by atoms with Crippen LogP contribution < -0.4 is 9.47 Å². The van der Waals surface area contributed by atoms with Crippen molar-refractivity contribution in [2.45, 2.75) is 12.8 Å². The Balaban J connectivity index is 2.05. The molecule has 0 aliphatic heterocycles. The largest absolute Gasteiger partial charge is 0.504 e. The standard InChI is InChI=1S/C19H20O5/c1-22-16-6-5-13(10-15(16)21)17-11-14-8-12(4-3-7-20)9-18(23-2)19(14)24-17/h5-6,8-11,20-21H,3-4,7H2,1-2H3. The van der Waals surface area contributed by atoms with E-state index in [4.69, 9.17) is 19.0 Å². The smallest absolute Gasteiger partial charge is 0.176 e. The second-order valence-corrected chi connectivity index (χ2v) is 5.54. The second-order valence-electron chi connectivity index (χ2n) is 5.54. The van der Waals surface area contributed by atoms with Crippen LogP contribution in [-0.2, 0) is 6.42 Å². The third-order valence-electron chi connectivity index (χ3n) is 3.95. The molecule has 2 aromatic carbocycles. The lowest BCUT2D eigenvalue weighted by Gasteiger charge is -2.05. The van der Waals surface area contributed by atoms with Crippen LogP contribution in [-0.4, -0.2) is 31.0 Å². The van der Waals surface area contributed by atoms with Gasteiger partial charge in [-0.2, -0.15) is 0 Å². The van der Waals surface area contributed by atoms with Gasteiger partial charge in [-0.3, -0.25) is 0 Å². The van der Waals surface area contributed by atoms with E-state index in [-0.39, 0.29) is 12.4 Å². The lowest BCUT2D eigenvalue weighted by Crippen LogP contribution is -1.91. The zero-order valence-electron chi connectivity index (χ0n) is 13.7. The Hall–Kier alpha value is -2.66. The molecule has 0 unspecified atom stereocenters. The molecule has 0 spiro atoms. The molecule has 0 saturated heterocycles. The van der Waals surface area contributed by atoms with Gasteiger partial charge in [-0.05, 0) is 54.8 Å². The van der Waals surface area contributed by atoms with Crippen molar-refractivity contribution in [2.75, 3.05) is 20.8 Å². The fourth-order valence-corrected chi connectivity index (χ4v) is 2.74. The summed E-state index contributed by atoms with van der Waals surface area (Å²) in [6, 6.07) is 11.0. The predicted molar refractivity (Wildman–Crippen MR) is 91.8 cm³/mol. The zero-order chi connectivity index (χ0) is 17.1. The summed E-state index contributed by atoms with van der Waals surface area (Å²) in [6.45, 7) is 0.155. The average Bonchev–Trinajstić information content (AvgIpc) is 3.03. The second kappa shape index (κ2) is 6.84. The molecule has 0 fully saturated rings. The van der Waals surface area contributed by atoms with Crippen molar-refractivity contribution in [2.24, 2.45) is 0 Å². The van der Waals surface area contributed by atoms with Gasteiger partial charge in [0.05, 0.1) is 14.2 Å². The molecule has 0 saturated carbocycles. The lowest BCUT2D eigenvalue weighted by atomic mass is 10.1. The van der Waals surface area contributed by atoms with Gasteiger partial charge in [-0.25, -0.2) is 0 Å². The number of benzene rings is 2. The SMILES string of the molecule is COc1ccc(-c2cc3cc(CCCO)cc(OC)c3o2)cc1O. The molecular weight excluding hydrogens is 308 g/mol. The summed E-state index contributed by atoms with van der Waals surface area (Å²) < 4.78 is 16.4. The molecule has 3 rings (SSSR count). The molecule has 0 radical (unpaired) electrons. The number of ether oxygens (including phenoxy) is 2. The number of aromatic hydroxyl groups is 1. The Kier molecular flexibility index (Phi) is 4.62. The van der Waals surface area contributed by atoms with E-state index in [0.717, 1.165) is 22.9 Å². The normalized spacial score (nSPS) is 11.0. The first-order valence-electron chi connectivity index (χ1n) is 7.75. The van der Waals surface area contributed by atoms with Crippen LogP contribution in [0.1, 0.15) is 12.0 Å². The summed E-state index contributed by atoms with van der Waals surface area (Å²) in [4.78, 5) is 0. The van der Waals surface area contributed by atoms with E-state index in [1.165, 1.54) is 7.11 Å². The molecule has 24 heavy (non-hydrogen) atoms. The van der Waals surface area contributed by atoms with Crippen LogP contribution >= 0.6 is 0 Å². The van der Waals surface area contributed by atoms with Crippen LogP contribution in [0, 0.1) is 0 Å². The van der Waals surface area contributed by atoms with Gasteiger partial charge in [0.1, 0.15) is 5.76 Å². The fourth-order valence-electron chi connectivity index (χ4n) is 2.74. The number of fused-ring (bicyclic) bond motifs is 1. The van der Waals surface area contributed by atoms with Gasteiger partial charge in [0.15, 0.2) is 22.8 Å². The molecular formula is C19H20O5. The molecule has 2 N–H and O–H groups in total. The summed E-state index contributed by atoms with van der Waals surface area (Å²) in [5.41, 5.74) is 2.50. The first-order valence-corrected chi connectivity index (χ1v) is 7.75. The third-order valence-corrected chi connectivity index (χ3v) is 3.95. The summed E-state index contributed by atoms with van der Waals surface area (Å²) in [6.07, 6.45) is 1.47. The molecule has 1 aromatic heterocycles. The van der Waals surface area contributed by atoms with Crippen LogP contribution in [0.4, 0.5) is 0 Å². The number of methoxy groups -OCH3 is 2. The highest BCUT2D eigenvalue weighted by Crippen LogP contribution is 2.37. The molecule has 1 heterocycles. The van der Waals surface area contributed by atoms with Crippen LogP contribution in [0.2, 0.25) is 0 Å². The number of phenolic OH excluding ortho intramolecular Hbond substituents is 1. The van der Waals surface area contributed by atoms with Gasteiger partial charge in [-0.15, -0.1) is 0 Å². The summed E-state index contributed by atoms with van der Waals surface area (Å²) >= 11 is 0. The average molecular weight is 328 g/mol. The van der Waals surface area contributed by atoms with Gasteiger partial charge >= 0.3 is 0 Å². The Morgan fingerprint density at radius 2 is 1.79 bits per heavy atom. The van der Waals surface area contributed by atoms with Gasteiger partial charge in [-0.1, -0.05) is 0 Å². The van der Waals surface area contributed by atoms with E-state index < -0.39 is 0 Å². The minimum Gasteiger partial charge on any atom is -0.504 e. The number of aryl methyl sites for hydroxylation is 1. The van der Waals surface area contributed by atoms with Crippen LogP contribution in [0.3, 0.4) is 0 Å². The highest BCUT2D eigenvalue weighted by molar-refractivity contribution is 5.88. The highest BCUT2D eigenvalue weighted by atomic mass is 16.5. The number of phenols is 1. The first-order chi connectivity index (χ1) is 11.7. The van der Waals surface area contributed by atoms with Crippen molar-refractivity contribution in [1.82, 2.24) is 0 Å². The number of hydrogen-bond acceptors (Lipinski definition) is 5. The molecule has 0 atom stereocenters. The molecule has 0 bridgehead atoms. The van der Waals surface area contributed by atoms with Crippen molar-refractivity contribution < 1.29 is 24.1 Å². The van der Waals surface area contributed by atoms with E-state index in [1.807, 2.05) is 24.3 Å². The van der Waals surface area contributed by atoms with Gasteiger partial charge in [0.2, 0.25) is 0 Å². The molecule has 5 nitrogen and oxygen atoms in total. The van der Waals surface area contributed by atoms with E-state index in [2.05, 4.69) is 0 Å². The first kappa shape index (κ1) is 16.2. The van der Waals surface area contributed by atoms with Crippen LogP contribution in [0.5, 0.6) is 17.2 Å². The predicted octanol–water partition coefficient (Wildman–Crippen LogP) is 3.75. The van der Waals surface area contributed by atoms with E-state index in [9.17, 15) is 5.11 Å². The minimum atomic E-state index is 0.0612. The van der Waals surface area contributed by atoms with Crippen LogP contribution in [0.25, 0.3) is 22.3 Å². The van der Waals surface area contributed by atoms with Crippen molar-refractivity contribution in [1.29, 1.82) is 0 Å². The van der Waals surface area contributed by atoms with Gasteiger partial charge < -0.3 is 24.1 Å². The van der Waals surface area contributed by atoms with Crippen molar-refractivity contribution in [3.05, 3.63) is 42.0 Å². The maximum atomic E-state index is 9.95. The molecule has 3 aromatic rings. The molecule has 0 aliphatic carbocycles. The number of hydrogen-bond donors (Lipinski definition) is 2. The number of furan rings is 1. The topological polar surface area (TPSA) is 72.1 Å². The third kappa shape index (κ3) is 3.03. The van der Waals surface area contributed by atoms with Gasteiger partial charge in [0.25, 0.3) is 0 Å². The van der Waals surface area contributed by atoms with E-state index in [1.54, 1.807) is 19.2 Å². The minimum absolute atomic E-state index is 0.0612. The van der Waals surface area contributed by atoms with E-state index in [0.29, 0.717) is 29.3 Å². The molecule has 0 amide bonds. The Morgan fingerprint density at radius 1 is 1.00 bits per heavy atom. The Bertz CT molecular complexity index is 850.